The maximum Gasteiger partial charge on any atom is 0.133 e. The fourth-order valence-electron chi connectivity index (χ4n) is 1.87. The second-order valence-corrected chi connectivity index (χ2v) is 5.39. The molecule has 17 heavy (non-hydrogen) atoms. The van der Waals surface area contributed by atoms with Crippen LogP contribution in [0.4, 0.5) is 0 Å². The lowest BCUT2D eigenvalue weighted by Crippen LogP contribution is -2.33. The van der Waals surface area contributed by atoms with Crippen LogP contribution in [0.2, 0.25) is 5.02 Å². The number of piperidine rings is 1. The van der Waals surface area contributed by atoms with Crippen LogP contribution in [0.5, 0.6) is 5.75 Å². The summed E-state index contributed by atoms with van der Waals surface area (Å²) in [6.45, 7) is 2.97. The minimum Gasteiger partial charge on any atom is -0.492 e. The number of hydrogen-bond acceptors (Lipinski definition) is 2. The van der Waals surface area contributed by atoms with Crippen LogP contribution in [-0.4, -0.2) is 19.7 Å². The highest BCUT2D eigenvalue weighted by Crippen LogP contribution is 2.28. The molecule has 1 heterocycles. The average Bonchev–Trinajstić information content (AvgIpc) is 2.29. The molecule has 1 atom stereocenters. The lowest BCUT2D eigenvalue weighted by atomic mass is 10.0. The Balaban J connectivity index is 0.00000144. The van der Waals surface area contributed by atoms with E-state index in [9.17, 15) is 0 Å². The van der Waals surface area contributed by atoms with Crippen molar-refractivity contribution in [2.45, 2.75) is 12.8 Å². The van der Waals surface area contributed by atoms with Gasteiger partial charge in [-0.05, 0) is 53.5 Å². The van der Waals surface area contributed by atoms with Crippen LogP contribution < -0.4 is 10.1 Å². The van der Waals surface area contributed by atoms with E-state index < -0.39 is 0 Å². The van der Waals surface area contributed by atoms with Gasteiger partial charge in [0.15, 0.2) is 0 Å². The highest BCUT2D eigenvalue weighted by Gasteiger charge is 2.14. The first-order chi connectivity index (χ1) is 7.75. The Morgan fingerprint density at radius 2 is 2.29 bits per heavy atom. The van der Waals surface area contributed by atoms with Gasteiger partial charge in [0.25, 0.3) is 0 Å². The third-order valence-electron chi connectivity index (χ3n) is 2.77. The second kappa shape index (κ2) is 7.47. The van der Waals surface area contributed by atoms with Crippen molar-refractivity contribution in [3.05, 3.63) is 27.7 Å². The van der Waals surface area contributed by atoms with Gasteiger partial charge in [0.2, 0.25) is 0 Å². The number of benzene rings is 1. The molecule has 1 unspecified atom stereocenters. The molecule has 2 nitrogen and oxygen atoms in total. The van der Waals surface area contributed by atoms with Gasteiger partial charge < -0.3 is 10.1 Å². The zero-order valence-corrected chi connectivity index (χ0v) is 12.6. The molecule has 1 fully saturated rings. The predicted molar refractivity (Wildman–Crippen MR) is 77.5 cm³/mol. The van der Waals surface area contributed by atoms with Crippen LogP contribution in [0.25, 0.3) is 0 Å². The predicted octanol–water partition coefficient (Wildman–Crippen LogP) is 3.90. The quantitative estimate of drug-likeness (QED) is 0.900. The highest BCUT2D eigenvalue weighted by atomic mass is 79.9. The fraction of sp³-hybridized carbons (Fsp3) is 0.500. The van der Waals surface area contributed by atoms with Crippen LogP contribution >= 0.6 is 39.9 Å². The molecule has 1 aromatic carbocycles. The van der Waals surface area contributed by atoms with Crippen molar-refractivity contribution in [1.29, 1.82) is 0 Å². The molecule has 1 saturated heterocycles. The van der Waals surface area contributed by atoms with Gasteiger partial charge in [-0.1, -0.05) is 11.6 Å². The molecule has 1 aliphatic heterocycles. The van der Waals surface area contributed by atoms with Crippen molar-refractivity contribution in [2.24, 2.45) is 5.92 Å². The molecule has 0 radical (unpaired) electrons. The average molecular weight is 341 g/mol. The maximum atomic E-state index is 5.87. The highest BCUT2D eigenvalue weighted by molar-refractivity contribution is 9.10. The molecule has 96 valence electrons. The molecule has 0 saturated carbocycles. The molecule has 5 heteroatoms. The van der Waals surface area contributed by atoms with Crippen molar-refractivity contribution in [2.75, 3.05) is 19.7 Å². The van der Waals surface area contributed by atoms with Gasteiger partial charge in [0, 0.05) is 17.5 Å². The Labute approximate surface area is 122 Å². The molecule has 0 amide bonds. The van der Waals surface area contributed by atoms with Gasteiger partial charge in [-0.25, -0.2) is 0 Å². The van der Waals surface area contributed by atoms with Gasteiger partial charge >= 0.3 is 0 Å². The van der Waals surface area contributed by atoms with E-state index in [-0.39, 0.29) is 12.4 Å². The molecule has 1 N–H and O–H groups in total. The standard InChI is InChI=1S/C12H15BrClNO.ClH/c13-11-6-10(14)3-4-12(11)16-8-9-2-1-5-15-7-9;/h3-4,6,9,15H,1-2,5,7-8H2;1H. The van der Waals surface area contributed by atoms with E-state index >= 15 is 0 Å². The van der Waals surface area contributed by atoms with E-state index in [0.29, 0.717) is 5.92 Å². The summed E-state index contributed by atoms with van der Waals surface area (Å²) in [5, 5.41) is 4.10. The summed E-state index contributed by atoms with van der Waals surface area (Å²) in [5.41, 5.74) is 0. The summed E-state index contributed by atoms with van der Waals surface area (Å²) in [7, 11) is 0. The van der Waals surface area contributed by atoms with E-state index in [4.69, 9.17) is 16.3 Å². The topological polar surface area (TPSA) is 21.3 Å². The molecule has 0 aliphatic carbocycles. The lowest BCUT2D eigenvalue weighted by molar-refractivity contribution is 0.217. The summed E-state index contributed by atoms with van der Waals surface area (Å²) in [5.74, 6) is 1.49. The number of rotatable bonds is 3. The SMILES string of the molecule is Cl.Clc1ccc(OCC2CCCNC2)c(Br)c1. The Morgan fingerprint density at radius 1 is 1.47 bits per heavy atom. The van der Waals surface area contributed by atoms with E-state index in [1.807, 2.05) is 18.2 Å². The largest absolute Gasteiger partial charge is 0.492 e. The zero-order chi connectivity index (χ0) is 11.4. The van der Waals surface area contributed by atoms with Crippen molar-refractivity contribution < 1.29 is 4.74 Å². The molecule has 2 rings (SSSR count). The number of halogens is 3. The molecule has 0 bridgehead atoms. The maximum absolute atomic E-state index is 5.87. The second-order valence-electron chi connectivity index (χ2n) is 4.10. The minimum atomic E-state index is 0. The van der Waals surface area contributed by atoms with Crippen LogP contribution in [0.3, 0.4) is 0 Å². The van der Waals surface area contributed by atoms with Crippen molar-refractivity contribution in [1.82, 2.24) is 5.32 Å². The lowest BCUT2D eigenvalue weighted by Gasteiger charge is -2.23. The fourth-order valence-corrected chi connectivity index (χ4v) is 2.66. The van der Waals surface area contributed by atoms with Gasteiger partial charge in [0.1, 0.15) is 5.75 Å². The Morgan fingerprint density at radius 3 is 2.94 bits per heavy atom. The molecule has 1 aromatic rings. The normalized spacial score (nSPS) is 19.5. The molecule has 0 spiro atoms. The van der Waals surface area contributed by atoms with Crippen molar-refractivity contribution in [3.63, 3.8) is 0 Å². The molecular weight excluding hydrogens is 325 g/mol. The van der Waals surface area contributed by atoms with Crippen LogP contribution in [-0.2, 0) is 0 Å². The van der Waals surface area contributed by atoms with Gasteiger partial charge in [-0.15, -0.1) is 12.4 Å². The van der Waals surface area contributed by atoms with Gasteiger partial charge in [-0.2, -0.15) is 0 Å². The number of nitrogens with one attached hydrogen (secondary N) is 1. The molecule has 0 aromatic heterocycles. The van der Waals surface area contributed by atoms with E-state index in [1.54, 1.807) is 0 Å². The monoisotopic (exact) mass is 339 g/mol. The molecule has 1 aliphatic rings. The van der Waals surface area contributed by atoms with E-state index in [2.05, 4.69) is 21.2 Å². The summed E-state index contributed by atoms with van der Waals surface area (Å²) in [4.78, 5) is 0. The third-order valence-corrected chi connectivity index (χ3v) is 3.62. The third kappa shape index (κ3) is 4.66. The first kappa shape index (κ1) is 15.1. The minimum absolute atomic E-state index is 0. The summed E-state index contributed by atoms with van der Waals surface area (Å²) >= 11 is 9.32. The van der Waals surface area contributed by atoms with Crippen LogP contribution in [0.1, 0.15) is 12.8 Å². The van der Waals surface area contributed by atoms with Crippen LogP contribution in [0, 0.1) is 5.92 Å². The Bertz CT molecular complexity index is 356. The van der Waals surface area contributed by atoms with E-state index in [0.717, 1.165) is 34.9 Å². The van der Waals surface area contributed by atoms with Gasteiger partial charge in [-0.3, -0.25) is 0 Å². The summed E-state index contributed by atoms with van der Waals surface area (Å²) in [6, 6.07) is 5.61. The van der Waals surface area contributed by atoms with Crippen molar-refractivity contribution >= 4 is 39.9 Å². The number of hydrogen-bond donors (Lipinski definition) is 1. The summed E-state index contributed by atoms with van der Waals surface area (Å²) in [6.07, 6.45) is 2.49. The summed E-state index contributed by atoms with van der Waals surface area (Å²) < 4.78 is 6.71. The number of ether oxygens (including phenoxy) is 1. The Kier molecular flexibility index (Phi) is 6.63. The van der Waals surface area contributed by atoms with E-state index in [1.165, 1.54) is 12.8 Å². The first-order valence-corrected chi connectivity index (χ1v) is 6.71. The van der Waals surface area contributed by atoms with Gasteiger partial charge in [0.05, 0.1) is 11.1 Å². The zero-order valence-electron chi connectivity index (χ0n) is 9.42. The van der Waals surface area contributed by atoms with Crippen LogP contribution in [0.15, 0.2) is 22.7 Å². The smallest absolute Gasteiger partial charge is 0.133 e. The Hall–Kier alpha value is 0.0400. The first-order valence-electron chi connectivity index (χ1n) is 5.54. The molecular formula is C12H16BrCl2NO. The van der Waals surface area contributed by atoms with Crippen molar-refractivity contribution in [3.8, 4) is 5.75 Å².